The summed E-state index contributed by atoms with van der Waals surface area (Å²) in [5.41, 5.74) is 3.01. The van der Waals surface area contributed by atoms with Crippen molar-refractivity contribution in [3.05, 3.63) is 62.2 Å². The number of fused-ring (bicyclic) bond motifs is 2. The highest BCUT2D eigenvalue weighted by atomic mass is 32.2. The maximum Gasteiger partial charge on any atom is 0.316 e. The zero-order chi connectivity index (χ0) is 24.0. The van der Waals surface area contributed by atoms with E-state index in [0.29, 0.717) is 48.7 Å². The molecule has 1 aromatic heterocycles. The van der Waals surface area contributed by atoms with Crippen LogP contribution in [-0.4, -0.2) is 43.9 Å². The monoisotopic (exact) mass is 484 g/mol. The van der Waals surface area contributed by atoms with Crippen molar-refractivity contribution < 1.29 is 13.2 Å². The topological polar surface area (TPSA) is 103 Å². The molecule has 2 heterocycles. The van der Waals surface area contributed by atoms with Crippen molar-refractivity contribution in [2.75, 3.05) is 35.9 Å². The fourth-order valence-corrected chi connectivity index (χ4v) is 5.95. The van der Waals surface area contributed by atoms with Crippen molar-refractivity contribution in [1.82, 2.24) is 9.13 Å². The molecule has 0 saturated carbocycles. The van der Waals surface area contributed by atoms with E-state index >= 15 is 0 Å². The van der Waals surface area contributed by atoms with Gasteiger partial charge in [-0.05, 0) is 61.1 Å². The largest absolute Gasteiger partial charge is 0.378 e. The molecule has 1 aliphatic carbocycles. The van der Waals surface area contributed by atoms with Crippen molar-refractivity contribution in [1.29, 1.82) is 0 Å². The molecule has 1 saturated heterocycles. The number of hydrogen-bond acceptors (Lipinski definition) is 6. The molecule has 1 fully saturated rings. The summed E-state index contributed by atoms with van der Waals surface area (Å²) in [6, 6.07) is 8.74. The van der Waals surface area contributed by atoms with E-state index in [9.17, 15) is 18.0 Å². The van der Waals surface area contributed by atoms with E-state index in [4.69, 9.17) is 4.74 Å². The lowest BCUT2D eigenvalue weighted by molar-refractivity contribution is 0.123. The van der Waals surface area contributed by atoms with Crippen LogP contribution in [0.4, 0.5) is 11.4 Å². The van der Waals surface area contributed by atoms with Gasteiger partial charge in [-0.15, -0.1) is 0 Å². The normalized spacial score (nSPS) is 16.5. The Morgan fingerprint density at radius 3 is 2.15 bits per heavy atom. The van der Waals surface area contributed by atoms with Crippen molar-refractivity contribution >= 4 is 32.4 Å². The van der Waals surface area contributed by atoms with Crippen LogP contribution >= 0.6 is 0 Å². The Morgan fingerprint density at radius 2 is 1.47 bits per heavy atom. The van der Waals surface area contributed by atoms with Gasteiger partial charge in [-0.1, -0.05) is 6.07 Å². The van der Waals surface area contributed by atoms with Crippen LogP contribution in [0.3, 0.4) is 0 Å². The third kappa shape index (κ3) is 3.90. The Morgan fingerprint density at radius 1 is 0.853 bits per heavy atom. The molecule has 34 heavy (non-hydrogen) atoms. The van der Waals surface area contributed by atoms with Gasteiger partial charge in [0.1, 0.15) is 0 Å². The van der Waals surface area contributed by atoms with Crippen LogP contribution in [0.25, 0.3) is 11.0 Å². The number of aryl methyl sites for hydroxylation is 4. The minimum Gasteiger partial charge on any atom is -0.378 e. The van der Waals surface area contributed by atoms with E-state index in [-0.39, 0.29) is 4.90 Å². The number of ether oxygens (including phenoxy) is 1. The van der Waals surface area contributed by atoms with Crippen LogP contribution in [0.5, 0.6) is 0 Å². The summed E-state index contributed by atoms with van der Waals surface area (Å²) < 4.78 is 37.7. The molecule has 9 nitrogen and oxygen atoms in total. The van der Waals surface area contributed by atoms with Gasteiger partial charge in [0, 0.05) is 27.2 Å². The van der Waals surface area contributed by atoms with Crippen molar-refractivity contribution in [2.24, 2.45) is 14.1 Å². The second-order valence-corrected chi connectivity index (χ2v) is 10.6. The average Bonchev–Trinajstić information content (AvgIpc) is 2.86. The van der Waals surface area contributed by atoms with Gasteiger partial charge >= 0.3 is 11.1 Å². The Kier molecular flexibility index (Phi) is 5.73. The average molecular weight is 485 g/mol. The summed E-state index contributed by atoms with van der Waals surface area (Å²) >= 11 is 0. The molecule has 0 bridgehead atoms. The van der Waals surface area contributed by atoms with Crippen molar-refractivity contribution in [2.45, 2.75) is 30.6 Å². The fourth-order valence-electron chi connectivity index (χ4n) is 4.84. The molecule has 0 radical (unpaired) electrons. The van der Waals surface area contributed by atoms with E-state index in [0.717, 1.165) is 31.2 Å². The molecule has 0 amide bonds. The molecule has 0 atom stereocenters. The second kappa shape index (κ2) is 8.59. The highest BCUT2D eigenvalue weighted by Crippen LogP contribution is 2.33. The molecule has 10 heteroatoms. The van der Waals surface area contributed by atoms with E-state index in [1.807, 2.05) is 11.0 Å². The van der Waals surface area contributed by atoms with E-state index in [1.165, 1.54) is 21.7 Å². The van der Waals surface area contributed by atoms with Gasteiger partial charge in [0.2, 0.25) is 0 Å². The first-order valence-corrected chi connectivity index (χ1v) is 13.0. The molecule has 5 rings (SSSR count). The van der Waals surface area contributed by atoms with Crippen LogP contribution in [-0.2, 0) is 41.7 Å². The molecule has 1 aliphatic heterocycles. The van der Waals surface area contributed by atoms with Gasteiger partial charge in [0.25, 0.3) is 10.0 Å². The van der Waals surface area contributed by atoms with E-state index < -0.39 is 21.1 Å². The maximum absolute atomic E-state index is 13.5. The number of sulfonamides is 1. The van der Waals surface area contributed by atoms with Crippen LogP contribution in [0.1, 0.15) is 24.0 Å². The predicted octanol–water partition coefficient (Wildman–Crippen LogP) is 1.75. The first-order chi connectivity index (χ1) is 16.3. The highest BCUT2D eigenvalue weighted by Gasteiger charge is 2.23. The Hall–Kier alpha value is -3.11. The van der Waals surface area contributed by atoms with Crippen LogP contribution in [0, 0.1) is 0 Å². The highest BCUT2D eigenvalue weighted by molar-refractivity contribution is 7.92. The van der Waals surface area contributed by atoms with Crippen molar-refractivity contribution in [3.8, 4) is 0 Å². The smallest absolute Gasteiger partial charge is 0.316 e. The standard InChI is InChI=1S/C24H28N4O5S/c1-26-21-14-19(25-34(31,32)18-8-7-16-5-3-4-6-17(16)13-18)20(28-9-11-33-12-10-28)15-22(21)27(2)24(30)23(26)29/h7-8,13-15,25H,3-6,9-12H2,1-2H3. The minimum absolute atomic E-state index is 0.218. The summed E-state index contributed by atoms with van der Waals surface area (Å²) in [6.45, 7) is 2.19. The van der Waals surface area contributed by atoms with Gasteiger partial charge in [0.05, 0.1) is 40.5 Å². The van der Waals surface area contributed by atoms with Gasteiger partial charge in [-0.25, -0.2) is 8.42 Å². The van der Waals surface area contributed by atoms with Crippen LogP contribution in [0.15, 0.2) is 44.8 Å². The van der Waals surface area contributed by atoms with Gasteiger partial charge < -0.3 is 18.8 Å². The number of nitrogens with one attached hydrogen (secondary N) is 1. The number of morpholine rings is 1. The number of nitrogens with zero attached hydrogens (tertiary/aromatic N) is 3. The third-order valence-electron chi connectivity index (χ3n) is 6.83. The maximum atomic E-state index is 13.5. The quantitative estimate of drug-likeness (QED) is 0.566. The Labute approximate surface area is 197 Å². The lowest BCUT2D eigenvalue weighted by Crippen LogP contribution is -2.40. The predicted molar refractivity (Wildman–Crippen MR) is 131 cm³/mol. The first-order valence-electron chi connectivity index (χ1n) is 11.5. The summed E-state index contributed by atoms with van der Waals surface area (Å²) in [7, 11) is -0.818. The van der Waals surface area contributed by atoms with Gasteiger partial charge in [-0.3, -0.25) is 14.3 Å². The summed E-state index contributed by atoms with van der Waals surface area (Å²) in [6.07, 6.45) is 4.03. The molecule has 0 unspecified atom stereocenters. The Balaban J connectivity index is 1.65. The molecular weight excluding hydrogens is 456 g/mol. The number of benzene rings is 2. The Bertz CT molecular complexity index is 1500. The molecule has 180 valence electrons. The van der Waals surface area contributed by atoms with Gasteiger partial charge in [-0.2, -0.15) is 0 Å². The lowest BCUT2D eigenvalue weighted by atomic mass is 9.92. The van der Waals surface area contributed by atoms with Crippen molar-refractivity contribution in [3.63, 3.8) is 0 Å². The minimum atomic E-state index is -3.88. The molecular formula is C24H28N4O5S. The first kappa shape index (κ1) is 22.7. The van der Waals surface area contributed by atoms with Crippen LogP contribution < -0.4 is 20.7 Å². The summed E-state index contributed by atoms with van der Waals surface area (Å²) in [5, 5.41) is 0. The number of hydrogen-bond donors (Lipinski definition) is 1. The molecule has 1 N–H and O–H groups in total. The van der Waals surface area contributed by atoms with Gasteiger partial charge in [0.15, 0.2) is 0 Å². The number of aromatic nitrogens is 2. The zero-order valence-corrected chi connectivity index (χ0v) is 20.2. The van der Waals surface area contributed by atoms with Crippen LogP contribution in [0.2, 0.25) is 0 Å². The van der Waals surface area contributed by atoms with E-state index in [1.54, 1.807) is 31.3 Å². The molecule has 2 aromatic carbocycles. The summed E-state index contributed by atoms with van der Waals surface area (Å²) in [4.78, 5) is 27.0. The fraction of sp³-hybridized carbons (Fsp3) is 0.417. The molecule has 3 aromatic rings. The molecule has 0 spiro atoms. The third-order valence-corrected chi connectivity index (χ3v) is 8.20. The molecule has 2 aliphatic rings. The number of rotatable bonds is 4. The summed E-state index contributed by atoms with van der Waals surface area (Å²) in [5.74, 6) is 0. The number of anilines is 2. The second-order valence-electron chi connectivity index (χ2n) is 8.93. The zero-order valence-electron chi connectivity index (χ0n) is 19.3. The SMILES string of the molecule is Cn1c(=O)c(=O)n(C)c2cc(N3CCOCC3)c(NS(=O)(=O)c3ccc4c(c3)CCCC4)cc21. The lowest BCUT2D eigenvalue weighted by Gasteiger charge is -2.31. The van der Waals surface area contributed by atoms with E-state index in [2.05, 4.69) is 4.72 Å².